The number of hydrogen-bond donors (Lipinski definition) is 1. The fraction of sp³-hybridized carbons (Fsp3) is 0. The van der Waals surface area contributed by atoms with E-state index in [0.717, 1.165) is 5.56 Å². The van der Waals surface area contributed by atoms with Crippen LogP contribution in [0.3, 0.4) is 0 Å². The average molecular weight is 242 g/mol. The first-order valence-electron chi connectivity index (χ1n) is 6.39. The molecule has 0 spiro atoms. The van der Waals surface area contributed by atoms with Crippen molar-refractivity contribution in [2.45, 2.75) is 0 Å². The molecule has 19 heavy (non-hydrogen) atoms. The molecular formula is C18H12N. The van der Waals surface area contributed by atoms with Crippen molar-refractivity contribution in [3.8, 4) is 11.1 Å². The number of aromatic amines is 1. The van der Waals surface area contributed by atoms with Crippen molar-refractivity contribution in [3.63, 3.8) is 0 Å². The highest BCUT2D eigenvalue weighted by Crippen LogP contribution is 2.29. The van der Waals surface area contributed by atoms with Crippen LogP contribution in [0.4, 0.5) is 0 Å². The van der Waals surface area contributed by atoms with Gasteiger partial charge in [0.15, 0.2) is 0 Å². The quantitative estimate of drug-likeness (QED) is 0.494. The topological polar surface area (TPSA) is 15.8 Å². The molecule has 4 rings (SSSR count). The van der Waals surface area contributed by atoms with Crippen LogP contribution in [-0.4, -0.2) is 4.98 Å². The van der Waals surface area contributed by atoms with Crippen LogP contribution >= 0.6 is 0 Å². The number of para-hydroxylation sites is 1. The lowest BCUT2D eigenvalue weighted by Gasteiger charge is -2.01. The van der Waals surface area contributed by atoms with Crippen LogP contribution in [0, 0.1) is 6.07 Å². The first-order chi connectivity index (χ1) is 9.42. The zero-order valence-electron chi connectivity index (χ0n) is 10.4. The third kappa shape index (κ3) is 1.63. The molecule has 1 nitrogen and oxygen atoms in total. The van der Waals surface area contributed by atoms with Crippen LogP contribution < -0.4 is 0 Å². The fourth-order valence-electron chi connectivity index (χ4n) is 2.59. The van der Waals surface area contributed by atoms with Gasteiger partial charge in [-0.05, 0) is 35.4 Å². The third-order valence-corrected chi connectivity index (χ3v) is 3.53. The van der Waals surface area contributed by atoms with Crippen molar-refractivity contribution in [3.05, 3.63) is 72.8 Å². The summed E-state index contributed by atoms with van der Waals surface area (Å²) in [7, 11) is 0. The summed E-state index contributed by atoms with van der Waals surface area (Å²) >= 11 is 0. The van der Waals surface area contributed by atoms with E-state index < -0.39 is 0 Å². The Morgan fingerprint density at radius 3 is 2.47 bits per heavy atom. The van der Waals surface area contributed by atoms with E-state index in [9.17, 15) is 0 Å². The summed E-state index contributed by atoms with van der Waals surface area (Å²) in [6.45, 7) is 0. The summed E-state index contributed by atoms with van der Waals surface area (Å²) in [6, 6.07) is 26.3. The van der Waals surface area contributed by atoms with Gasteiger partial charge in [-0.1, -0.05) is 48.5 Å². The van der Waals surface area contributed by atoms with Crippen LogP contribution in [0.2, 0.25) is 0 Å². The van der Waals surface area contributed by atoms with Crippen molar-refractivity contribution in [2.75, 3.05) is 0 Å². The minimum absolute atomic E-state index is 1.13. The minimum Gasteiger partial charge on any atom is -0.355 e. The van der Waals surface area contributed by atoms with Gasteiger partial charge in [-0.3, -0.25) is 0 Å². The molecule has 0 aliphatic heterocycles. The molecule has 89 valence electrons. The molecule has 0 saturated heterocycles. The van der Waals surface area contributed by atoms with Gasteiger partial charge in [0.25, 0.3) is 0 Å². The van der Waals surface area contributed by atoms with Gasteiger partial charge in [0.1, 0.15) is 0 Å². The number of aromatic nitrogens is 1. The molecule has 1 heterocycles. The lowest BCUT2D eigenvalue weighted by atomic mass is 10.0. The molecule has 0 atom stereocenters. The summed E-state index contributed by atoms with van der Waals surface area (Å²) in [5.41, 5.74) is 4.71. The molecule has 0 aliphatic rings. The zero-order valence-corrected chi connectivity index (χ0v) is 10.4. The van der Waals surface area contributed by atoms with Gasteiger partial charge in [0, 0.05) is 21.8 Å². The van der Waals surface area contributed by atoms with Crippen LogP contribution in [0.5, 0.6) is 0 Å². The molecule has 0 bridgehead atoms. The highest BCUT2D eigenvalue weighted by molar-refractivity contribution is 6.08. The maximum atomic E-state index is 3.45. The standard InChI is InChI=1S/C18H12N/c1-2-6-13(7-3-1)14-10-11-18-16(12-14)15-8-4-5-9-17(15)19-18/h1-6,8-12,19H. The fourth-order valence-corrected chi connectivity index (χ4v) is 2.59. The Morgan fingerprint density at radius 2 is 1.58 bits per heavy atom. The number of rotatable bonds is 1. The number of H-pyrrole nitrogens is 1. The Kier molecular flexibility index (Phi) is 2.18. The van der Waals surface area contributed by atoms with E-state index >= 15 is 0 Å². The van der Waals surface area contributed by atoms with Crippen molar-refractivity contribution >= 4 is 21.8 Å². The first-order valence-corrected chi connectivity index (χ1v) is 6.39. The second kappa shape index (κ2) is 3.99. The summed E-state index contributed by atoms with van der Waals surface area (Å²) in [5, 5.41) is 2.54. The molecule has 0 saturated carbocycles. The summed E-state index contributed by atoms with van der Waals surface area (Å²) in [4.78, 5) is 3.45. The molecule has 1 heteroatoms. The van der Waals surface area contributed by atoms with E-state index in [1.807, 2.05) is 18.2 Å². The molecule has 1 aromatic heterocycles. The van der Waals surface area contributed by atoms with E-state index in [4.69, 9.17) is 0 Å². The Labute approximate surface area is 111 Å². The van der Waals surface area contributed by atoms with E-state index in [-0.39, 0.29) is 0 Å². The van der Waals surface area contributed by atoms with E-state index in [1.54, 1.807) is 0 Å². The maximum Gasteiger partial charge on any atom is 0.0465 e. The zero-order chi connectivity index (χ0) is 12.7. The third-order valence-electron chi connectivity index (χ3n) is 3.53. The van der Waals surface area contributed by atoms with Gasteiger partial charge in [-0.2, -0.15) is 0 Å². The molecule has 0 unspecified atom stereocenters. The molecular weight excluding hydrogens is 230 g/mol. The molecule has 3 aromatic carbocycles. The average Bonchev–Trinajstić information content (AvgIpc) is 2.86. The van der Waals surface area contributed by atoms with Gasteiger partial charge in [0.2, 0.25) is 0 Å². The van der Waals surface area contributed by atoms with E-state index in [1.165, 1.54) is 27.4 Å². The SMILES string of the molecule is [c]1ccccc1-c1ccc2[nH]c3ccccc3c2c1. The summed E-state index contributed by atoms with van der Waals surface area (Å²) in [6.07, 6.45) is 0. The highest BCUT2D eigenvalue weighted by Gasteiger charge is 2.05. The highest BCUT2D eigenvalue weighted by atomic mass is 14.7. The van der Waals surface area contributed by atoms with Gasteiger partial charge in [-0.15, -0.1) is 0 Å². The van der Waals surface area contributed by atoms with Gasteiger partial charge >= 0.3 is 0 Å². The number of hydrogen-bond acceptors (Lipinski definition) is 0. The molecule has 1 N–H and O–H groups in total. The first kappa shape index (κ1) is 10.4. The normalized spacial score (nSPS) is 11.2. The van der Waals surface area contributed by atoms with Crippen molar-refractivity contribution < 1.29 is 0 Å². The second-order valence-corrected chi connectivity index (χ2v) is 4.71. The number of nitrogens with one attached hydrogen (secondary N) is 1. The lowest BCUT2D eigenvalue weighted by molar-refractivity contribution is 1.54. The predicted octanol–water partition coefficient (Wildman–Crippen LogP) is 4.79. The van der Waals surface area contributed by atoms with Crippen LogP contribution in [0.1, 0.15) is 0 Å². The van der Waals surface area contributed by atoms with Crippen molar-refractivity contribution in [2.24, 2.45) is 0 Å². The molecule has 0 amide bonds. The van der Waals surface area contributed by atoms with Crippen LogP contribution in [0.15, 0.2) is 66.7 Å². The Bertz CT molecular complexity index is 857. The van der Waals surface area contributed by atoms with E-state index in [0.29, 0.717) is 0 Å². The number of benzene rings is 3. The Hall–Kier alpha value is -2.54. The monoisotopic (exact) mass is 242 g/mol. The van der Waals surface area contributed by atoms with E-state index in [2.05, 4.69) is 59.6 Å². The summed E-state index contributed by atoms with van der Waals surface area (Å²) < 4.78 is 0. The maximum absolute atomic E-state index is 3.45. The molecule has 4 aromatic rings. The second-order valence-electron chi connectivity index (χ2n) is 4.71. The van der Waals surface area contributed by atoms with Crippen molar-refractivity contribution in [1.29, 1.82) is 0 Å². The molecule has 0 aliphatic carbocycles. The lowest BCUT2D eigenvalue weighted by Crippen LogP contribution is -1.77. The largest absolute Gasteiger partial charge is 0.355 e. The Balaban J connectivity index is 2.03. The van der Waals surface area contributed by atoms with Crippen LogP contribution in [-0.2, 0) is 0 Å². The molecule has 0 fully saturated rings. The van der Waals surface area contributed by atoms with Crippen molar-refractivity contribution in [1.82, 2.24) is 4.98 Å². The smallest absolute Gasteiger partial charge is 0.0465 e. The summed E-state index contributed by atoms with van der Waals surface area (Å²) in [5.74, 6) is 0. The molecule has 1 radical (unpaired) electrons. The van der Waals surface area contributed by atoms with Gasteiger partial charge in [-0.25, -0.2) is 0 Å². The van der Waals surface area contributed by atoms with Gasteiger partial charge < -0.3 is 4.98 Å². The minimum atomic E-state index is 1.13. The number of fused-ring (bicyclic) bond motifs is 3. The Morgan fingerprint density at radius 1 is 0.737 bits per heavy atom. The van der Waals surface area contributed by atoms with Gasteiger partial charge in [0.05, 0.1) is 0 Å². The van der Waals surface area contributed by atoms with Crippen LogP contribution in [0.25, 0.3) is 32.9 Å². The predicted molar refractivity (Wildman–Crippen MR) is 80.1 cm³/mol.